The molecule has 0 aliphatic heterocycles. The van der Waals surface area contributed by atoms with Crippen molar-refractivity contribution in [1.29, 1.82) is 0 Å². The molecule has 2 rings (SSSR count). The second kappa shape index (κ2) is 5.40. The zero-order valence-electron chi connectivity index (χ0n) is 10.8. The zero-order valence-corrected chi connectivity index (χ0v) is 11.6. The second-order valence-corrected chi connectivity index (χ2v) is 4.63. The Bertz CT molecular complexity index is 566. The quantitative estimate of drug-likeness (QED) is 0.757. The van der Waals surface area contributed by atoms with E-state index in [2.05, 4.69) is 24.9 Å². The minimum Gasteiger partial charge on any atom is -0.457 e. The van der Waals surface area contributed by atoms with Gasteiger partial charge in [0.15, 0.2) is 0 Å². The lowest BCUT2D eigenvalue weighted by atomic mass is 10.1. The number of rotatable bonds is 3. The molecular weight excluding hydrogens is 246 g/mol. The van der Waals surface area contributed by atoms with Crippen LogP contribution in [0.25, 0.3) is 0 Å². The number of hydrogen-bond acceptors (Lipinski definition) is 2. The van der Waals surface area contributed by atoms with Gasteiger partial charge in [0.25, 0.3) is 0 Å². The third-order valence-electron chi connectivity index (χ3n) is 3.00. The van der Waals surface area contributed by atoms with Gasteiger partial charge in [0, 0.05) is 23.5 Å². The summed E-state index contributed by atoms with van der Waals surface area (Å²) in [6, 6.07) is 7.95. The van der Waals surface area contributed by atoms with E-state index in [1.165, 1.54) is 5.56 Å². The first-order chi connectivity index (χ1) is 8.61. The van der Waals surface area contributed by atoms with Crippen LogP contribution in [0.4, 0.5) is 0 Å². The molecule has 3 heteroatoms. The van der Waals surface area contributed by atoms with Crippen molar-refractivity contribution < 1.29 is 4.74 Å². The number of ether oxygens (including phenoxy) is 1. The molecule has 0 radical (unpaired) electrons. The van der Waals surface area contributed by atoms with Crippen LogP contribution < -0.4 is 4.74 Å². The van der Waals surface area contributed by atoms with Gasteiger partial charge in [0.1, 0.15) is 11.5 Å². The fourth-order valence-corrected chi connectivity index (χ4v) is 1.91. The number of alkyl halides is 1. The van der Waals surface area contributed by atoms with Gasteiger partial charge in [0.2, 0.25) is 0 Å². The Labute approximate surface area is 113 Å². The zero-order chi connectivity index (χ0) is 13.1. The molecule has 0 amide bonds. The first kappa shape index (κ1) is 12.9. The summed E-state index contributed by atoms with van der Waals surface area (Å²) in [5, 5.41) is 0. The highest BCUT2D eigenvalue weighted by molar-refractivity contribution is 6.17. The molecule has 0 spiro atoms. The van der Waals surface area contributed by atoms with Crippen LogP contribution in [-0.4, -0.2) is 4.98 Å². The Morgan fingerprint density at radius 2 is 1.94 bits per heavy atom. The van der Waals surface area contributed by atoms with Gasteiger partial charge in [-0.2, -0.15) is 0 Å². The molecule has 0 aliphatic rings. The molecule has 0 atom stereocenters. The highest BCUT2D eigenvalue weighted by Gasteiger charge is 2.08. The van der Waals surface area contributed by atoms with Crippen molar-refractivity contribution in [1.82, 2.24) is 4.98 Å². The SMILES string of the molecule is Cc1cc(Oc2cccc(C)c2C)c(CCl)cn1. The van der Waals surface area contributed by atoms with Gasteiger partial charge >= 0.3 is 0 Å². The van der Waals surface area contributed by atoms with Gasteiger partial charge in [-0.15, -0.1) is 11.6 Å². The molecule has 0 aliphatic carbocycles. The minimum absolute atomic E-state index is 0.396. The third-order valence-corrected chi connectivity index (χ3v) is 3.29. The average Bonchev–Trinajstić information content (AvgIpc) is 2.35. The third kappa shape index (κ3) is 2.65. The first-order valence-corrected chi connectivity index (χ1v) is 6.41. The van der Waals surface area contributed by atoms with Crippen LogP contribution in [-0.2, 0) is 5.88 Å². The number of benzene rings is 1. The largest absolute Gasteiger partial charge is 0.457 e. The maximum Gasteiger partial charge on any atom is 0.135 e. The lowest BCUT2D eigenvalue weighted by Gasteiger charge is -2.13. The van der Waals surface area contributed by atoms with Gasteiger partial charge in [-0.05, 0) is 38.0 Å². The maximum absolute atomic E-state index is 5.97. The summed E-state index contributed by atoms with van der Waals surface area (Å²) in [7, 11) is 0. The molecule has 1 aromatic carbocycles. The highest BCUT2D eigenvalue weighted by Crippen LogP contribution is 2.30. The summed E-state index contributed by atoms with van der Waals surface area (Å²) in [4.78, 5) is 4.23. The van der Waals surface area contributed by atoms with Gasteiger partial charge in [0.05, 0.1) is 5.88 Å². The summed E-state index contributed by atoms with van der Waals surface area (Å²) in [6.07, 6.45) is 1.77. The van der Waals surface area contributed by atoms with E-state index in [-0.39, 0.29) is 0 Å². The van der Waals surface area contributed by atoms with E-state index in [0.29, 0.717) is 5.88 Å². The average molecular weight is 262 g/mol. The van der Waals surface area contributed by atoms with E-state index in [9.17, 15) is 0 Å². The van der Waals surface area contributed by atoms with Crippen molar-refractivity contribution in [2.45, 2.75) is 26.7 Å². The summed E-state index contributed by atoms with van der Waals surface area (Å²) < 4.78 is 5.97. The van der Waals surface area contributed by atoms with Crippen LogP contribution in [0.1, 0.15) is 22.4 Å². The molecule has 2 nitrogen and oxygen atoms in total. The van der Waals surface area contributed by atoms with Crippen LogP contribution >= 0.6 is 11.6 Å². The van der Waals surface area contributed by atoms with Crippen LogP contribution in [0.2, 0.25) is 0 Å². The number of aryl methyl sites for hydroxylation is 2. The normalized spacial score (nSPS) is 10.4. The Balaban J connectivity index is 2.39. The molecule has 0 bridgehead atoms. The van der Waals surface area contributed by atoms with Crippen molar-refractivity contribution >= 4 is 11.6 Å². The number of aromatic nitrogens is 1. The molecule has 18 heavy (non-hydrogen) atoms. The van der Waals surface area contributed by atoms with Crippen molar-refractivity contribution in [2.24, 2.45) is 0 Å². The van der Waals surface area contributed by atoms with Crippen molar-refractivity contribution in [3.63, 3.8) is 0 Å². The number of hydrogen-bond donors (Lipinski definition) is 0. The molecule has 1 heterocycles. The smallest absolute Gasteiger partial charge is 0.135 e. The van der Waals surface area contributed by atoms with Gasteiger partial charge < -0.3 is 4.74 Å². The summed E-state index contributed by atoms with van der Waals surface area (Å²) in [5.41, 5.74) is 4.19. The fourth-order valence-electron chi connectivity index (χ4n) is 1.71. The molecule has 2 aromatic rings. The summed E-state index contributed by atoms with van der Waals surface area (Å²) >= 11 is 5.90. The van der Waals surface area contributed by atoms with Crippen LogP contribution in [0.15, 0.2) is 30.5 Å². The van der Waals surface area contributed by atoms with Crippen molar-refractivity contribution in [3.8, 4) is 11.5 Å². The Morgan fingerprint density at radius 3 is 2.67 bits per heavy atom. The lowest BCUT2D eigenvalue weighted by Crippen LogP contribution is -1.95. The van der Waals surface area contributed by atoms with Gasteiger partial charge in [-0.1, -0.05) is 12.1 Å². The van der Waals surface area contributed by atoms with E-state index < -0.39 is 0 Å². The van der Waals surface area contributed by atoms with E-state index in [0.717, 1.165) is 28.3 Å². The second-order valence-electron chi connectivity index (χ2n) is 4.37. The predicted octanol–water partition coefficient (Wildman–Crippen LogP) is 4.54. The van der Waals surface area contributed by atoms with Crippen LogP contribution in [0, 0.1) is 20.8 Å². The Kier molecular flexibility index (Phi) is 3.87. The minimum atomic E-state index is 0.396. The first-order valence-electron chi connectivity index (χ1n) is 5.87. The molecule has 1 aromatic heterocycles. The van der Waals surface area contributed by atoms with E-state index >= 15 is 0 Å². The lowest BCUT2D eigenvalue weighted by molar-refractivity contribution is 0.472. The van der Waals surface area contributed by atoms with Crippen LogP contribution in [0.3, 0.4) is 0 Å². The number of halogens is 1. The molecular formula is C15H16ClNO. The number of nitrogens with zero attached hydrogens (tertiary/aromatic N) is 1. The molecule has 0 N–H and O–H groups in total. The van der Waals surface area contributed by atoms with E-state index in [1.807, 2.05) is 25.1 Å². The maximum atomic E-state index is 5.97. The van der Waals surface area contributed by atoms with Gasteiger partial charge in [-0.25, -0.2) is 0 Å². The van der Waals surface area contributed by atoms with Crippen molar-refractivity contribution in [2.75, 3.05) is 0 Å². The summed E-state index contributed by atoms with van der Waals surface area (Å²) in [6.45, 7) is 6.06. The van der Waals surface area contributed by atoms with Crippen LogP contribution in [0.5, 0.6) is 11.5 Å². The molecule has 94 valence electrons. The topological polar surface area (TPSA) is 22.1 Å². The standard InChI is InChI=1S/C15H16ClNO/c1-10-5-4-6-14(12(10)3)18-15-7-11(2)17-9-13(15)8-16/h4-7,9H,8H2,1-3H3. The fraction of sp³-hybridized carbons (Fsp3) is 0.267. The molecule has 0 fully saturated rings. The predicted molar refractivity (Wildman–Crippen MR) is 74.5 cm³/mol. The van der Waals surface area contributed by atoms with Gasteiger partial charge in [-0.3, -0.25) is 4.98 Å². The summed E-state index contributed by atoms with van der Waals surface area (Å²) in [5.74, 6) is 2.05. The van der Waals surface area contributed by atoms with E-state index in [4.69, 9.17) is 16.3 Å². The number of pyridine rings is 1. The van der Waals surface area contributed by atoms with Crippen molar-refractivity contribution in [3.05, 3.63) is 52.8 Å². The van der Waals surface area contributed by atoms with E-state index in [1.54, 1.807) is 6.20 Å². The highest BCUT2D eigenvalue weighted by atomic mass is 35.5. The molecule has 0 saturated carbocycles. The Morgan fingerprint density at radius 1 is 1.17 bits per heavy atom. The molecule has 0 unspecified atom stereocenters. The molecule has 0 saturated heterocycles. The monoisotopic (exact) mass is 261 g/mol. The Hall–Kier alpha value is -1.54.